The van der Waals surface area contributed by atoms with Crippen LogP contribution < -0.4 is 0 Å². The molecule has 0 spiro atoms. The van der Waals surface area contributed by atoms with Gasteiger partial charge in [0.2, 0.25) is 0 Å². The molecule has 0 aromatic carbocycles. The van der Waals surface area contributed by atoms with Crippen molar-refractivity contribution < 1.29 is 0 Å². The van der Waals surface area contributed by atoms with Crippen LogP contribution in [-0.2, 0) is 0 Å². The molecule has 0 heteroatoms. The van der Waals surface area contributed by atoms with Gasteiger partial charge in [0, 0.05) is 0 Å². The molecule has 0 saturated heterocycles. The van der Waals surface area contributed by atoms with Gasteiger partial charge in [0.05, 0.1) is 0 Å². The summed E-state index contributed by atoms with van der Waals surface area (Å²) in [6.07, 6.45) is 8.72. The second-order valence-electron chi connectivity index (χ2n) is 5.57. The Kier molecular flexibility index (Phi) is 4.98. The van der Waals surface area contributed by atoms with Crippen LogP contribution in [0, 0.1) is 23.7 Å². The van der Waals surface area contributed by atoms with E-state index >= 15 is 0 Å². The van der Waals surface area contributed by atoms with E-state index in [1.807, 2.05) is 0 Å². The SMILES string of the molecule is CCC1CCC(C)CC(C)C(CC)C1. The van der Waals surface area contributed by atoms with Gasteiger partial charge in [-0.15, -0.1) is 0 Å². The minimum Gasteiger partial charge on any atom is -0.0651 e. The van der Waals surface area contributed by atoms with Crippen molar-refractivity contribution >= 4 is 0 Å². The maximum Gasteiger partial charge on any atom is -0.0388 e. The predicted octanol–water partition coefficient (Wildman–Crippen LogP) is 4.89. The minimum atomic E-state index is 0.962. The Morgan fingerprint density at radius 1 is 0.929 bits per heavy atom. The van der Waals surface area contributed by atoms with Crippen LogP contribution in [0.25, 0.3) is 0 Å². The van der Waals surface area contributed by atoms with Crippen molar-refractivity contribution in [1.29, 1.82) is 0 Å². The zero-order valence-electron chi connectivity index (χ0n) is 10.6. The van der Waals surface area contributed by atoms with Gasteiger partial charge in [-0.1, -0.05) is 53.4 Å². The summed E-state index contributed by atoms with van der Waals surface area (Å²) in [4.78, 5) is 0. The maximum absolute atomic E-state index is 2.47. The zero-order chi connectivity index (χ0) is 10.6. The molecule has 0 bridgehead atoms. The normalized spacial score (nSPS) is 40.3. The Labute approximate surface area is 90.5 Å². The van der Waals surface area contributed by atoms with Crippen molar-refractivity contribution in [2.24, 2.45) is 23.7 Å². The fourth-order valence-corrected chi connectivity index (χ4v) is 3.18. The smallest absolute Gasteiger partial charge is 0.0388 e. The van der Waals surface area contributed by atoms with E-state index in [2.05, 4.69) is 27.7 Å². The van der Waals surface area contributed by atoms with E-state index in [9.17, 15) is 0 Å². The number of rotatable bonds is 2. The summed E-state index contributed by atoms with van der Waals surface area (Å²) in [5.74, 6) is 3.95. The molecule has 0 nitrogen and oxygen atoms in total. The van der Waals surface area contributed by atoms with E-state index in [1.165, 1.54) is 38.5 Å². The first-order valence-corrected chi connectivity index (χ1v) is 6.67. The molecule has 0 radical (unpaired) electrons. The molecule has 1 rings (SSSR count). The molecule has 1 aliphatic carbocycles. The van der Waals surface area contributed by atoms with Gasteiger partial charge in [-0.2, -0.15) is 0 Å². The molecule has 0 aromatic heterocycles. The van der Waals surface area contributed by atoms with Gasteiger partial charge in [-0.3, -0.25) is 0 Å². The van der Waals surface area contributed by atoms with E-state index in [1.54, 1.807) is 0 Å². The first-order chi connectivity index (χ1) is 6.67. The van der Waals surface area contributed by atoms with Crippen LogP contribution in [0.4, 0.5) is 0 Å². The van der Waals surface area contributed by atoms with E-state index in [-0.39, 0.29) is 0 Å². The van der Waals surface area contributed by atoms with Crippen LogP contribution in [0.15, 0.2) is 0 Å². The van der Waals surface area contributed by atoms with Crippen LogP contribution in [0.5, 0.6) is 0 Å². The summed E-state index contributed by atoms with van der Waals surface area (Å²) in [6.45, 7) is 9.67. The lowest BCUT2D eigenvalue weighted by molar-refractivity contribution is 0.190. The van der Waals surface area contributed by atoms with Crippen molar-refractivity contribution in [3.63, 3.8) is 0 Å². The first kappa shape index (κ1) is 12.1. The van der Waals surface area contributed by atoms with Crippen LogP contribution in [0.2, 0.25) is 0 Å². The van der Waals surface area contributed by atoms with Gasteiger partial charge in [-0.25, -0.2) is 0 Å². The summed E-state index contributed by atoms with van der Waals surface area (Å²) in [7, 11) is 0. The highest BCUT2D eigenvalue weighted by atomic mass is 14.3. The fourth-order valence-electron chi connectivity index (χ4n) is 3.18. The molecule has 0 N–H and O–H groups in total. The lowest BCUT2D eigenvalue weighted by Gasteiger charge is -2.32. The summed E-state index contributed by atoms with van der Waals surface area (Å²) < 4.78 is 0. The summed E-state index contributed by atoms with van der Waals surface area (Å²) in [5, 5.41) is 0. The molecule has 4 atom stereocenters. The highest BCUT2D eigenvalue weighted by Crippen LogP contribution is 2.36. The zero-order valence-corrected chi connectivity index (χ0v) is 10.6. The van der Waals surface area contributed by atoms with Gasteiger partial charge < -0.3 is 0 Å². The predicted molar refractivity (Wildman–Crippen MR) is 64.4 cm³/mol. The second-order valence-corrected chi connectivity index (χ2v) is 5.57. The average molecular weight is 196 g/mol. The van der Waals surface area contributed by atoms with Crippen LogP contribution in [0.3, 0.4) is 0 Å². The molecule has 14 heavy (non-hydrogen) atoms. The molecule has 84 valence electrons. The van der Waals surface area contributed by atoms with Crippen molar-refractivity contribution in [1.82, 2.24) is 0 Å². The molecule has 0 amide bonds. The Morgan fingerprint density at radius 2 is 1.64 bits per heavy atom. The highest BCUT2D eigenvalue weighted by molar-refractivity contribution is 4.75. The van der Waals surface area contributed by atoms with Gasteiger partial charge in [-0.05, 0) is 36.5 Å². The number of hydrogen-bond donors (Lipinski definition) is 0. The molecule has 1 saturated carbocycles. The summed E-state index contributed by atoms with van der Waals surface area (Å²) in [5.41, 5.74) is 0. The van der Waals surface area contributed by atoms with Crippen molar-refractivity contribution in [3.05, 3.63) is 0 Å². The molecular weight excluding hydrogens is 168 g/mol. The lowest BCUT2D eigenvalue weighted by atomic mass is 9.74. The van der Waals surface area contributed by atoms with E-state index < -0.39 is 0 Å². The quantitative estimate of drug-likeness (QED) is 0.590. The summed E-state index contributed by atoms with van der Waals surface area (Å²) >= 11 is 0. The van der Waals surface area contributed by atoms with Gasteiger partial charge in [0.1, 0.15) is 0 Å². The highest BCUT2D eigenvalue weighted by Gasteiger charge is 2.24. The second kappa shape index (κ2) is 5.78. The van der Waals surface area contributed by atoms with E-state index in [4.69, 9.17) is 0 Å². The molecule has 1 aliphatic rings. The largest absolute Gasteiger partial charge is 0.0651 e. The molecule has 0 heterocycles. The van der Waals surface area contributed by atoms with Crippen molar-refractivity contribution in [2.75, 3.05) is 0 Å². The van der Waals surface area contributed by atoms with E-state index in [0.717, 1.165) is 23.7 Å². The molecule has 1 fully saturated rings. The monoisotopic (exact) mass is 196 g/mol. The lowest BCUT2D eigenvalue weighted by Crippen LogP contribution is -2.21. The van der Waals surface area contributed by atoms with Crippen LogP contribution in [0.1, 0.15) is 66.2 Å². The Morgan fingerprint density at radius 3 is 2.21 bits per heavy atom. The van der Waals surface area contributed by atoms with Crippen molar-refractivity contribution in [2.45, 2.75) is 66.2 Å². The van der Waals surface area contributed by atoms with Crippen molar-refractivity contribution in [3.8, 4) is 0 Å². The van der Waals surface area contributed by atoms with Gasteiger partial charge in [0.25, 0.3) is 0 Å². The summed E-state index contributed by atoms with van der Waals surface area (Å²) in [6, 6.07) is 0. The standard InChI is InChI=1S/C14H28/c1-5-13-8-7-11(3)9-12(4)14(6-2)10-13/h11-14H,5-10H2,1-4H3. The fraction of sp³-hybridized carbons (Fsp3) is 1.00. The topological polar surface area (TPSA) is 0 Å². The third-order valence-corrected chi connectivity index (χ3v) is 4.38. The molecule has 4 unspecified atom stereocenters. The molecule has 0 aromatic rings. The maximum atomic E-state index is 2.47. The van der Waals surface area contributed by atoms with Crippen LogP contribution >= 0.6 is 0 Å². The van der Waals surface area contributed by atoms with Gasteiger partial charge >= 0.3 is 0 Å². The first-order valence-electron chi connectivity index (χ1n) is 6.67. The Bertz CT molecular complexity index is 150. The third-order valence-electron chi connectivity index (χ3n) is 4.38. The molecular formula is C14H28. The average Bonchev–Trinajstić information content (AvgIpc) is 2.16. The number of hydrogen-bond acceptors (Lipinski definition) is 0. The molecule has 0 aliphatic heterocycles. The Hall–Kier alpha value is 0. The van der Waals surface area contributed by atoms with Crippen LogP contribution in [-0.4, -0.2) is 0 Å². The third kappa shape index (κ3) is 3.29. The Balaban J connectivity index is 2.56. The van der Waals surface area contributed by atoms with E-state index in [0.29, 0.717) is 0 Å². The minimum absolute atomic E-state index is 0.962. The van der Waals surface area contributed by atoms with Gasteiger partial charge in [0.15, 0.2) is 0 Å².